The van der Waals surface area contributed by atoms with Crippen LogP contribution in [0.2, 0.25) is 5.02 Å². The molecule has 3 nitrogen and oxygen atoms in total. The van der Waals surface area contributed by atoms with Crippen LogP contribution in [0, 0.1) is 12.3 Å². The lowest BCUT2D eigenvalue weighted by molar-refractivity contribution is 0.0253. The smallest absolute Gasteiger partial charge is 0.410 e. The lowest BCUT2D eigenvalue weighted by Gasteiger charge is -2.27. The minimum atomic E-state index is -0.509. The van der Waals surface area contributed by atoms with Gasteiger partial charge < -0.3 is 9.64 Å². The lowest BCUT2D eigenvalue weighted by atomic mass is 9.94. The third-order valence-electron chi connectivity index (χ3n) is 3.39. The number of carbonyl (C=O) groups is 1. The molecule has 2 rings (SSSR count). The van der Waals surface area contributed by atoms with E-state index in [4.69, 9.17) is 22.8 Å². The molecule has 0 saturated heterocycles. The summed E-state index contributed by atoms with van der Waals surface area (Å²) in [4.78, 5) is 13.9. The molecule has 0 aliphatic carbocycles. The maximum atomic E-state index is 12.3. The Labute approximate surface area is 131 Å². The summed E-state index contributed by atoms with van der Waals surface area (Å²) in [5, 5.41) is 0.690. The topological polar surface area (TPSA) is 29.5 Å². The van der Waals surface area contributed by atoms with Gasteiger partial charge in [-0.25, -0.2) is 4.79 Å². The monoisotopic (exact) mass is 305 g/mol. The number of carbonyl (C=O) groups excluding carboxylic acids is 1. The van der Waals surface area contributed by atoms with E-state index in [1.54, 1.807) is 4.90 Å². The number of terminal acetylenes is 1. The first-order valence-corrected chi connectivity index (χ1v) is 7.40. The summed E-state index contributed by atoms with van der Waals surface area (Å²) in [7, 11) is 0. The molecule has 1 amide bonds. The van der Waals surface area contributed by atoms with Crippen LogP contribution in [-0.4, -0.2) is 29.7 Å². The van der Waals surface area contributed by atoms with Gasteiger partial charge in [0.05, 0.1) is 5.92 Å². The minimum absolute atomic E-state index is 0.132. The molecule has 1 aliphatic heterocycles. The number of nitrogens with zero attached hydrogens (tertiary/aromatic N) is 1. The Morgan fingerprint density at radius 2 is 2.19 bits per heavy atom. The van der Waals surface area contributed by atoms with Crippen LogP contribution in [0.3, 0.4) is 0 Å². The highest BCUT2D eigenvalue weighted by molar-refractivity contribution is 6.30. The number of amides is 1. The standard InChI is InChI=1S/C17H20ClNO2/c1-5-12-11-19(16(20)21-17(2,3)4)9-8-13-10-14(18)6-7-15(12)13/h1,6-7,10,12H,8-9,11H2,2-4H3. The van der Waals surface area contributed by atoms with Gasteiger partial charge in [0, 0.05) is 18.1 Å². The van der Waals surface area contributed by atoms with Crippen LogP contribution in [-0.2, 0) is 11.2 Å². The molecule has 1 unspecified atom stereocenters. The third-order valence-corrected chi connectivity index (χ3v) is 3.62. The van der Waals surface area contributed by atoms with E-state index >= 15 is 0 Å². The van der Waals surface area contributed by atoms with E-state index in [9.17, 15) is 4.79 Å². The quantitative estimate of drug-likeness (QED) is 0.681. The Morgan fingerprint density at radius 1 is 1.48 bits per heavy atom. The van der Waals surface area contributed by atoms with Crippen LogP contribution < -0.4 is 0 Å². The molecule has 1 aliphatic rings. The van der Waals surface area contributed by atoms with Crippen LogP contribution in [0.5, 0.6) is 0 Å². The molecule has 0 aromatic heterocycles. The average Bonchev–Trinajstić information content (AvgIpc) is 2.55. The second-order valence-electron chi connectivity index (χ2n) is 6.24. The number of hydrogen-bond donors (Lipinski definition) is 0. The van der Waals surface area contributed by atoms with Crippen molar-refractivity contribution >= 4 is 17.7 Å². The summed E-state index contributed by atoms with van der Waals surface area (Å²) in [5.74, 6) is 2.64. The molecule has 0 radical (unpaired) electrons. The minimum Gasteiger partial charge on any atom is -0.444 e. The molecule has 0 spiro atoms. The van der Waals surface area contributed by atoms with Crippen LogP contribution >= 0.6 is 11.6 Å². The largest absolute Gasteiger partial charge is 0.444 e. The first kappa shape index (κ1) is 15.7. The second-order valence-corrected chi connectivity index (χ2v) is 6.68. The van der Waals surface area contributed by atoms with Gasteiger partial charge in [-0.3, -0.25) is 0 Å². The number of fused-ring (bicyclic) bond motifs is 1. The van der Waals surface area contributed by atoms with Crippen molar-refractivity contribution in [2.24, 2.45) is 0 Å². The highest BCUT2D eigenvalue weighted by Crippen LogP contribution is 2.28. The Kier molecular flexibility index (Phi) is 4.49. The van der Waals surface area contributed by atoms with E-state index in [-0.39, 0.29) is 12.0 Å². The van der Waals surface area contributed by atoms with Gasteiger partial charge in [0.15, 0.2) is 0 Å². The van der Waals surface area contributed by atoms with E-state index in [0.29, 0.717) is 18.1 Å². The Bertz CT molecular complexity index is 583. The maximum absolute atomic E-state index is 12.3. The van der Waals surface area contributed by atoms with Crippen molar-refractivity contribution in [1.82, 2.24) is 4.90 Å². The van der Waals surface area contributed by atoms with Gasteiger partial charge in [0.1, 0.15) is 5.60 Å². The number of benzene rings is 1. The molecule has 1 aromatic rings. The zero-order valence-electron chi connectivity index (χ0n) is 12.6. The Hall–Kier alpha value is -1.66. The molecular formula is C17H20ClNO2. The normalized spacial score (nSPS) is 18.4. The third kappa shape index (κ3) is 3.92. The molecule has 1 heterocycles. The van der Waals surface area contributed by atoms with Crippen molar-refractivity contribution in [1.29, 1.82) is 0 Å². The van der Waals surface area contributed by atoms with Crippen LogP contribution in [0.1, 0.15) is 37.8 Å². The van der Waals surface area contributed by atoms with E-state index in [2.05, 4.69) is 5.92 Å². The van der Waals surface area contributed by atoms with E-state index in [0.717, 1.165) is 17.5 Å². The lowest BCUT2D eigenvalue weighted by Crippen LogP contribution is -2.39. The SMILES string of the molecule is C#CC1CN(C(=O)OC(C)(C)C)CCc2cc(Cl)ccc21. The number of rotatable bonds is 0. The summed E-state index contributed by atoms with van der Waals surface area (Å²) in [6, 6.07) is 5.73. The predicted molar refractivity (Wildman–Crippen MR) is 84.5 cm³/mol. The fourth-order valence-electron chi connectivity index (χ4n) is 2.43. The van der Waals surface area contributed by atoms with Crippen molar-refractivity contribution in [3.63, 3.8) is 0 Å². The van der Waals surface area contributed by atoms with Crippen LogP contribution in [0.25, 0.3) is 0 Å². The highest BCUT2D eigenvalue weighted by atomic mass is 35.5. The molecule has 1 atom stereocenters. The number of ether oxygens (including phenoxy) is 1. The van der Waals surface area contributed by atoms with Gasteiger partial charge in [-0.05, 0) is 50.5 Å². The molecule has 1 aromatic carbocycles. The maximum Gasteiger partial charge on any atom is 0.410 e. The first-order chi connectivity index (χ1) is 9.80. The van der Waals surface area contributed by atoms with Crippen molar-refractivity contribution < 1.29 is 9.53 Å². The molecule has 0 bridgehead atoms. The number of halogens is 1. The summed E-state index contributed by atoms with van der Waals surface area (Å²) in [6.07, 6.45) is 6.06. The second kappa shape index (κ2) is 5.99. The Morgan fingerprint density at radius 3 is 2.81 bits per heavy atom. The van der Waals surface area contributed by atoms with Gasteiger partial charge in [-0.15, -0.1) is 6.42 Å². The molecule has 0 saturated carbocycles. The van der Waals surface area contributed by atoms with Crippen molar-refractivity contribution in [3.05, 3.63) is 34.3 Å². The van der Waals surface area contributed by atoms with Gasteiger partial charge in [-0.1, -0.05) is 23.6 Å². The van der Waals surface area contributed by atoms with Crippen molar-refractivity contribution in [2.75, 3.05) is 13.1 Å². The molecule has 4 heteroatoms. The average molecular weight is 306 g/mol. The van der Waals surface area contributed by atoms with Gasteiger partial charge in [-0.2, -0.15) is 0 Å². The fourth-order valence-corrected chi connectivity index (χ4v) is 2.63. The van der Waals surface area contributed by atoms with E-state index in [1.807, 2.05) is 39.0 Å². The number of hydrogen-bond acceptors (Lipinski definition) is 2. The summed E-state index contributed by atoms with van der Waals surface area (Å²) in [6.45, 7) is 6.63. The van der Waals surface area contributed by atoms with Gasteiger partial charge in [0.2, 0.25) is 0 Å². The zero-order chi connectivity index (χ0) is 15.6. The molecule has 0 fully saturated rings. The van der Waals surface area contributed by atoms with E-state index in [1.165, 1.54) is 0 Å². The van der Waals surface area contributed by atoms with Gasteiger partial charge >= 0.3 is 6.09 Å². The fraction of sp³-hybridized carbons (Fsp3) is 0.471. The van der Waals surface area contributed by atoms with Crippen LogP contribution in [0.15, 0.2) is 18.2 Å². The van der Waals surface area contributed by atoms with Gasteiger partial charge in [0.25, 0.3) is 0 Å². The first-order valence-electron chi connectivity index (χ1n) is 7.02. The van der Waals surface area contributed by atoms with Crippen LogP contribution in [0.4, 0.5) is 4.79 Å². The molecule has 21 heavy (non-hydrogen) atoms. The summed E-state index contributed by atoms with van der Waals surface area (Å²) < 4.78 is 5.44. The van der Waals surface area contributed by atoms with Crippen molar-refractivity contribution in [3.8, 4) is 12.3 Å². The predicted octanol–water partition coefficient (Wildman–Crippen LogP) is 3.85. The Balaban J connectivity index is 2.22. The molecule has 0 N–H and O–H groups in total. The van der Waals surface area contributed by atoms with E-state index < -0.39 is 5.60 Å². The highest BCUT2D eigenvalue weighted by Gasteiger charge is 2.28. The zero-order valence-corrected chi connectivity index (χ0v) is 13.4. The summed E-state index contributed by atoms with van der Waals surface area (Å²) >= 11 is 6.05. The summed E-state index contributed by atoms with van der Waals surface area (Å²) in [5.41, 5.74) is 1.68. The van der Waals surface area contributed by atoms with Crippen molar-refractivity contribution in [2.45, 2.75) is 38.7 Å². The molecule has 112 valence electrons. The molecular weight excluding hydrogens is 286 g/mol.